The van der Waals surface area contributed by atoms with Gasteiger partial charge in [0, 0.05) is 19.5 Å². The molecule has 1 aliphatic rings. The standard InChI is InChI=1S/C14H19NO3/c16-11-12-4-1-5-13(10-12)18-9-3-8-15-7-2-6-14(15)17/h1,4-5,10,16H,2-3,6-9,11H2. The Hall–Kier alpha value is -1.55. The molecule has 0 spiro atoms. The SMILES string of the molecule is O=C1CCCN1CCCOc1cccc(CO)c1. The fourth-order valence-electron chi connectivity index (χ4n) is 2.12. The molecular weight excluding hydrogens is 230 g/mol. The fraction of sp³-hybridized carbons (Fsp3) is 0.500. The van der Waals surface area contributed by atoms with Crippen molar-refractivity contribution in [1.82, 2.24) is 4.90 Å². The van der Waals surface area contributed by atoms with Crippen molar-refractivity contribution in [1.29, 1.82) is 0 Å². The molecular formula is C14H19NO3. The van der Waals surface area contributed by atoms with Crippen molar-refractivity contribution in [3.8, 4) is 5.75 Å². The summed E-state index contributed by atoms with van der Waals surface area (Å²) in [6.45, 7) is 2.29. The van der Waals surface area contributed by atoms with Crippen molar-refractivity contribution in [3.05, 3.63) is 29.8 Å². The summed E-state index contributed by atoms with van der Waals surface area (Å²) in [4.78, 5) is 13.3. The predicted octanol–water partition coefficient (Wildman–Crippen LogP) is 1.57. The zero-order valence-corrected chi connectivity index (χ0v) is 10.5. The maximum atomic E-state index is 11.4. The molecule has 2 rings (SSSR count). The monoisotopic (exact) mass is 249 g/mol. The second-order valence-corrected chi connectivity index (χ2v) is 4.49. The molecule has 0 radical (unpaired) electrons. The highest BCUT2D eigenvalue weighted by Crippen LogP contribution is 2.14. The Morgan fingerprint density at radius 3 is 3.00 bits per heavy atom. The molecule has 1 aromatic carbocycles. The van der Waals surface area contributed by atoms with Crippen LogP contribution in [0.1, 0.15) is 24.8 Å². The number of ether oxygens (including phenoxy) is 1. The second-order valence-electron chi connectivity index (χ2n) is 4.49. The normalized spacial score (nSPS) is 15.2. The Balaban J connectivity index is 1.70. The number of rotatable bonds is 6. The lowest BCUT2D eigenvalue weighted by Gasteiger charge is -2.15. The van der Waals surface area contributed by atoms with Crippen LogP contribution in [-0.2, 0) is 11.4 Å². The minimum Gasteiger partial charge on any atom is -0.494 e. The molecule has 0 aliphatic carbocycles. The first-order chi connectivity index (χ1) is 8.79. The summed E-state index contributed by atoms with van der Waals surface area (Å²) in [5.41, 5.74) is 0.849. The Morgan fingerprint density at radius 1 is 1.39 bits per heavy atom. The summed E-state index contributed by atoms with van der Waals surface area (Å²) >= 11 is 0. The van der Waals surface area contributed by atoms with Gasteiger partial charge in [-0.25, -0.2) is 0 Å². The number of carbonyl (C=O) groups is 1. The topological polar surface area (TPSA) is 49.8 Å². The van der Waals surface area contributed by atoms with E-state index in [1.165, 1.54) is 0 Å². The van der Waals surface area contributed by atoms with Gasteiger partial charge in [-0.1, -0.05) is 12.1 Å². The van der Waals surface area contributed by atoms with E-state index in [4.69, 9.17) is 9.84 Å². The Kier molecular flexibility index (Phi) is 4.59. The molecule has 0 unspecified atom stereocenters. The number of aliphatic hydroxyl groups excluding tert-OH is 1. The average molecular weight is 249 g/mol. The Morgan fingerprint density at radius 2 is 2.28 bits per heavy atom. The first-order valence-corrected chi connectivity index (χ1v) is 6.40. The minimum absolute atomic E-state index is 0.0273. The summed E-state index contributed by atoms with van der Waals surface area (Å²) in [6.07, 6.45) is 2.52. The van der Waals surface area contributed by atoms with Crippen LogP contribution < -0.4 is 4.74 Å². The molecule has 0 saturated carbocycles. The molecule has 0 bridgehead atoms. The highest BCUT2D eigenvalue weighted by molar-refractivity contribution is 5.77. The third-order valence-corrected chi connectivity index (χ3v) is 3.09. The van der Waals surface area contributed by atoms with Gasteiger partial charge in [-0.2, -0.15) is 0 Å². The summed E-state index contributed by atoms with van der Waals surface area (Å²) in [5, 5.41) is 9.01. The summed E-state index contributed by atoms with van der Waals surface area (Å²) in [7, 11) is 0. The van der Waals surface area contributed by atoms with Gasteiger partial charge in [-0.05, 0) is 30.5 Å². The van der Waals surface area contributed by atoms with Crippen molar-refractivity contribution >= 4 is 5.91 Å². The van der Waals surface area contributed by atoms with Crippen LogP contribution in [-0.4, -0.2) is 35.6 Å². The molecule has 1 fully saturated rings. The van der Waals surface area contributed by atoms with Crippen molar-refractivity contribution < 1.29 is 14.6 Å². The highest BCUT2D eigenvalue weighted by Gasteiger charge is 2.18. The number of benzene rings is 1. The molecule has 1 heterocycles. The lowest BCUT2D eigenvalue weighted by atomic mass is 10.2. The van der Waals surface area contributed by atoms with Crippen LogP contribution >= 0.6 is 0 Å². The largest absolute Gasteiger partial charge is 0.494 e. The number of carbonyl (C=O) groups excluding carboxylic acids is 1. The van der Waals surface area contributed by atoms with E-state index in [9.17, 15) is 4.79 Å². The number of hydrogen-bond donors (Lipinski definition) is 1. The number of aliphatic hydroxyl groups is 1. The van der Waals surface area contributed by atoms with E-state index in [2.05, 4.69) is 0 Å². The average Bonchev–Trinajstić information content (AvgIpc) is 2.81. The Labute approximate surface area is 107 Å². The molecule has 1 aliphatic heterocycles. The van der Waals surface area contributed by atoms with E-state index in [0.717, 1.165) is 37.2 Å². The molecule has 1 amide bonds. The first kappa shape index (κ1) is 12.9. The van der Waals surface area contributed by atoms with Crippen molar-refractivity contribution in [3.63, 3.8) is 0 Å². The molecule has 1 saturated heterocycles. The number of hydrogen-bond acceptors (Lipinski definition) is 3. The quantitative estimate of drug-likeness (QED) is 0.779. The van der Waals surface area contributed by atoms with E-state index < -0.39 is 0 Å². The van der Waals surface area contributed by atoms with E-state index in [1.807, 2.05) is 29.2 Å². The molecule has 18 heavy (non-hydrogen) atoms. The van der Waals surface area contributed by atoms with Crippen LogP contribution in [0.3, 0.4) is 0 Å². The van der Waals surface area contributed by atoms with Crippen LogP contribution in [0, 0.1) is 0 Å². The van der Waals surface area contributed by atoms with Gasteiger partial charge in [-0.3, -0.25) is 4.79 Å². The van der Waals surface area contributed by atoms with Crippen LogP contribution in [0.5, 0.6) is 5.75 Å². The highest BCUT2D eigenvalue weighted by atomic mass is 16.5. The molecule has 4 nitrogen and oxygen atoms in total. The lowest BCUT2D eigenvalue weighted by molar-refractivity contribution is -0.127. The number of amides is 1. The fourth-order valence-corrected chi connectivity index (χ4v) is 2.12. The van der Waals surface area contributed by atoms with Gasteiger partial charge in [0.1, 0.15) is 5.75 Å². The molecule has 98 valence electrons. The van der Waals surface area contributed by atoms with Gasteiger partial charge in [0.25, 0.3) is 0 Å². The summed E-state index contributed by atoms with van der Waals surface area (Å²) in [6, 6.07) is 7.43. The van der Waals surface area contributed by atoms with E-state index in [0.29, 0.717) is 13.0 Å². The number of nitrogens with zero attached hydrogens (tertiary/aromatic N) is 1. The van der Waals surface area contributed by atoms with Gasteiger partial charge in [-0.15, -0.1) is 0 Å². The van der Waals surface area contributed by atoms with E-state index in [1.54, 1.807) is 0 Å². The minimum atomic E-state index is 0.0273. The first-order valence-electron chi connectivity index (χ1n) is 6.40. The third kappa shape index (κ3) is 3.47. The van der Waals surface area contributed by atoms with Crippen molar-refractivity contribution in [2.24, 2.45) is 0 Å². The van der Waals surface area contributed by atoms with Crippen LogP contribution in [0.2, 0.25) is 0 Å². The molecule has 0 atom stereocenters. The van der Waals surface area contributed by atoms with Crippen molar-refractivity contribution in [2.45, 2.75) is 25.9 Å². The molecule has 4 heteroatoms. The van der Waals surface area contributed by atoms with Gasteiger partial charge in [0.15, 0.2) is 0 Å². The zero-order valence-electron chi connectivity index (χ0n) is 10.5. The van der Waals surface area contributed by atoms with Crippen molar-refractivity contribution in [2.75, 3.05) is 19.7 Å². The van der Waals surface area contributed by atoms with Crippen LogP contribution in [0.15, 0.2) is 24.3 Å². The zero-order chi connectivity index (χ0) is 12.8. The Bertz CT molecular complexity index is 406. The molecule has 1 N–H and O–H groups in total. The van der Waals surface area contributed by atoms with Crippen LogP contribution in [0.25, 0.3) is 0 Å². The maximum absolute atomic E-state index is 11.4. The predicted molar refractivity (Wildman–Crippen MR) is 68.3 cm³/mol. The second kappa shape index (κ2) is 6.40. The number of likely N-dealkylation sites (tertiary alicyclic amines) is 1. The molecule has 0 aromatic heterocycles. The van der Waals surface area contributed by atoms with Gasteiger partial charge < -0.3 is 14.7 Å². The van der Waals surface area contributed by atoms with Gasteiger partial charge in [0.2, 0.25) is 5.91 Å². The summed E-state index contributed by atoms with van der Waals surface area (Å²) in [5.74, 6) is 1.03. The van der Waals surface area contributed by atoms with Gasteiger partial charge in [0.05, 0.1) is 13.2 Å². The maximum Gasteiger partial charge on any atom is 0.222 e. The summed E-state index contributed by atoms with van der Waals surface area (Å²) < 4.78 is 5.59. The third-order valence-electron chi connectivity index (χ3n) is 3.09. The van der Waals surface area contributed by atoms with Gasteiger partial charge >= 0.3 is 0 Å². The smallest absolute Gasteiger partial charge is 0.222 e. The van der Waals surface area contributed by atoms with E-state index in [-0.39, 0.29) is 12.5 Å². The van der Waals surface area contributed by atoms with Crippen LogP contribution in [0.4, 0.5) is 0 Å². The molecule has 1 aromatic rings. The van der Waals surface area contributed by atoms with E-state index >= 15 is 0 Å². The lowest BCUT2D eigenvalue weighted by Crippen LogP contribution is -2.26.